The lowest BCUT2D eigenvalue weighted by atomic mass is 9.96. The summed E-state index contributed by atoms with van der Waals surface area (Å²) in [6.07, 6.45) is 3.92. The molecule has 2 aromatic rings. The molecule has 0 aromatic heterocycles. The predicted octanol–water partition coefficient (Wildman–Crippen LogP) is 3.96. The van der Waals surface area contributed by atoms with Gasteiger partial charge in [-0.25, -0.2) is 8.78 Å². The zero-order valence-corrected chi connectivity index (χ0v) is 12.1. The Morgan fingerprint density at radius 2 is 1.90 bits per heavy atom. The van der Waals surface area contributed by atoms with Gasteiger partial charge in [0.05, 0.1) is 0 Å². The van der Waals surface area contributed by atoms with E-state index in [0.29, 0.717) is 12.0 Å². The Morgan fingerprint density at radius 3 is 2.71 bits per heavy atom. The standard InChI is InChI=1S/C18H19F2N/c1-21-17(11-15-6-3-7-16(19)18(15)20)14-9-8-12-4-2-5-13(12)10-14/h3,6-10,17,21H,2,4-5,11H2,1H3. The summed E-state index contributed by atoms with van der Waals surface area (Å²) in [5.74, 6) is -1.52. The average Bonchev–Trinajstić information content (AvgIpc) is 2.96. The number of halogens is 2. The average molecular weight is 287 g/mol. The molecule has 3 rings (SSSR count). The smallest absolute Gasteiger partial charge is 0.162 e. The van der Waals surface area contributed by atoms with Gasteiger partial charge in [-0.15, -0.1) is 0 Å². The fourth-order valence-electron chi connectivity index (χ4n) is 3.12. The van der Waals surface area contributed by atoms with Gasteiger partial charge in [0.15, 0.2) is 11.6 Å². The van der Waals surface area contributed by atoms with Crippen molar-refractivity contribution in [1.82, 2.24) is 5.32 Å². The molecular formula is C18H19F2N. The van der Waals surface area contributed by atoms with Crippen LogP contribution in [-0.2, 0) is 19.3 Å². The number of hydrogen-bond donors (Lipinski definition) is 1. The van der Waals surface area contributed by atoms with Crippen molar-refractivity contribution in [3.05, 3.63) is 70.3 Å². The first-order valence-corrected chi connectivity index (χ1v) is 7.41. The molecule has 1 N–H and O–H groups in total. The normalized spacial score (nSPS) is 15.0. The Kier molecular flexibility index (Phi) is 4.02. The van der Waals surface area contributed by atoms with E-state index < -0.39 is 11.6 Å². The van der Waals surface area contributed by atoms with E-state index in [1.54, 1.807) is 12.1 Å². The number of fused-ring (bicyclic) bond motifs is 1. The molecule has 0 saturated heterocycles. The van der Waals surface area contributed by atoms with E-state index in [1.165, 1.54) is 17.5 Å². The zero-order valence-electron chi connectivity index (χ0n) is 12.1. The summed E-state index contributed by atoms with van der Waals surface area (Å²) < 4.78 is 27.2. The van der Waals surface area contributed by atoms with Crippen molar-refractivity contribution in [1.29, 1.82) is 0 Å². The fourth-order valence-corrected chi connectivity index (χ4v) is 3.12. The summed E-state index contributed by atoms with van der Waals surface area (Å²) >= 11 is 0. The lowest BCUT2D eigenvalue weighted by Crippen LogP contribution is -2.19. The van der Waals surface area contributed by atoms with Crippen LogP contribution in [0.4, 0.5) is 8.78 Å². The van der Waals surface area contributed by atoms with Crippen LogP contribution >= 0.6 is 0 Å². The molecule has 0 fully saturated rings. The first-order valence-electron chi connectivity index (χ1n) is 7.41. The lowest BCUT2D eigenvalue weighted by Gasteiger charge is -2.18. The van der Waals surface area contributed by atoms with Crippen LogP contribution in [0.15, 0.2) is 36.4 Å². The molecule has 3 heteroatoms. The Hall–Kier alpha value is -1.74. The van der Waals surface area contributed by atoms with Crippen molar-refractivity contribution >= 4 is 0 Å². The van der Waals surface area contributed by atoms with Gasteiger partial charge in [0, 0.05) is 6.04 Å². The summed E-state index contributed by atoms with van der Waals surface area (Å²) in [5.41, 5.74) is 4.37. The Bertz CT molecular complexity index is 652. The van der Waals surface area contributed by atoms with Crippen molar-refractivity contribution in [3.8, 4) is 0 Å². The van der Waals surface area contributed by atoms with Gasteiger partial charge >= 0.3 is 0 Å². The van der Waals surface area contributed by atoms with E-state index >= 15 is 0 Å². The molecule has 0 heterocycles. The molecule has 0 bridgehead atoms. The third kappa shape index (κ3) is 2.84. The first-order chi connectivity index (χ1) is 10.2. The number of likely N-dealkylation sites (N-methyl/N-ethyl adjacent to an activating group) is 1. The van der Waals surface area contributed by atoms with Gasteiger partial charge in [0.1, 0.15) is 0 Å². The topological polar surface area (TPSA) is 12.0 Å². The van der Waals surface area contributed by atoms with Gasteiger partial charge in [-0.05, 0) is 61.1 Å². The number of aryl methyl sites for hydroxylation is 2. The van der Waals surface area contributed by atoms with Crippen molar-refractivity contribution < 1.29 is 8.78 Å². The zero-order chi connectivity index (χ0) is 14.8. The van der Waals surface area contributed by atoms with E-state index in [1.807, 2.05) is 7.05 Å². The Morgan fingerprint density at radius 1 is 1.10 bits per heavy atom. The van der Waals surface area contributed by atoms with Gasteiger partial charge in [-0.2, -0.15) is 0 Å². The monoisotopic (exact) mass is 287 g/mol. The summed E-state index contributed by atoms with van der Waals surface area (Å²) in [7, 11) is 1.86. The van der Waals surface area contributed by atoms with E-state index in [2.05, 4.69) is 23.5 Å². The number of nitrogens with one attached hydrogen (secondary N) is 1. The number of rotatable bonds is 4. The highest BCUT2D eigenvalue weighted by molar-refractivity contribution is 5.37. The van der Waals surface area contributed by atoms with E-state index in [-0.39, 0.29) is 6.04 Å². The van der Waals surface area contributed by atoms with Crippen LogP contribution in [0.25, 0.3) is 0 Å². The largest absolute Gasteiger partial charge is 0.313 e. The second kappa shape index (κ2) is 5.94. The van der Waals surface area contributed by atoms with Crippen molar-refractivity contribution in [2.45, 2.75) is 31.7 Å². The quantitative estimate of drug-likeness (QED) is 0.897. The first kappa shape index (κ1) is 14.2. The highest BCUT2D eigenvalue weighted by atomic mass is 19.2. The van der Waals surface area contributed by atoms with Crippen LogP contribution in [0.3, 0.4) is 0 Å². The summed E-state index contributed by atoms with van der Waals surface area (Å²) in [6.45, 7) is 0. The van der Waals surface area contributed by atoms with Gasteiger partial charge in [-0.1, -0.05) is 30.3 Å². The summed E-state index contributed by atoms with van der Waals surface area (Å²) in [5, 5.41) is 3.22. The fraction of sp³-hybridized carbons (Fsp3) is 0.333. The molecule has 1 unspecified atom stereocenters. The minimum atomic E-state index is -0.781. The highest BCUT2D eigenvalue weighted by Crippen LogP contribution is 2.27. The van der Waals surface area contributed by atoms with Crippen molar-refractivity contribution in [2.24, 2.45) is 0 Å². The molecule has 1 atom stereocenters. The van der Waals surface area contributed by atoms with E-state index in [0.717, 1.165) is 24.5 Å². The molecule has 0 spiro atoms. The molecule has 1 aliphatic rings. The minimum Gasteiger partial charge on any atom is -0.313 e. The minimum absolute atomic E-state index is 0.00722. The maximum absolute atomic E-state index is 13.8. The Balaban J connectivity index is 1.87. The highest BCUT2D eigenvalue weighted by Gasteiger charge is 2.17. The molecule has 1 nitrogen and oxygen atoms in total. The molecule has 0 saturated carbocycles. The molecule has 0 aliphatic heterocycles. The lowest BCUT2D eigenvalue weighted by molar-refractivity contribution is 0.487. The van der Waals surface area contributed by atoms with Crippen LogP contribution in [0, 0.1) is 11.6 Å². The molecule has 1 aliphatic carbocycles. The van der Waals surface area contributed by atoms with Crippen LogP contribution in [0.1, 0.15) is 34.7 Å². The second-order valence-electron chi connectivity index (χ2n) is 5.64. The third-order valence-electron chi connectivity index (χ3n) is 4.33. The SMILES string of the molecule is CNC(Cc1cccc(F)c1F)c1ccc2c(c1)CCC2. The number of benzene rings is 2. The molecule has 21 heavy (non-hydrogen) atoms. The molecule has 2 aromatic carbocycles. The Labute approximate surface area is 124 Å². The van der Waals surface area contributed by atoms with Crippen molar-refractivity contribution in [2.75, 3.05) is 7.05 Å². The molecule has 0 radical (unpaired) electrons. The van der Waals surface area contributed by atoms with Gasteiger partial charge in [0.25, 0.3) is 0 Å². The third-order valence-corrected chi connectivity index (χ3v) is 4.33. The van der Waals surface area contributed by atoms with Crippen LogP contribution < -0.4 is 5.32 Å². The summed E-state index contributed by atoms with van der Waals surface area (Å²) in [6, 6.07) is 10.8. The summed E-state index contributed by atoms with van der Waals surface area (Å²) in [4.78, 5) is 0. The molecule has 0 amide bonds. The maximum atomic E-state index is 13.8. The van der Waals surface area contributed by atoms with E-state index in [9.17, 15) is 8.78 Å². The maximum Gasteiger partial charge on any atom is 0.162 e. The van der Waals surface area contributed by atoms with Crippen molar-refractivity contribution in [3.63, 3.8) is 0 Å². The molecule has 110 valence electrons. The van der Waals surface area contributed by atoms with Crippen LogP contribution in [0.5, 0.6) is 0 Å². The van der Waals surface area contributed by atoms with E-state index in [4.69, 9.17) is 0 Å². The van der Waals surface area contributed by atoms with Crippen LogP contribution in [-0.4, -0.2) is 7.05 Å². The second-order valence-corrected chi connectivity index (χ2v) is 5.64. The van der Waals surface area contributed by atoms with Gasteiger partial charge < -0.3 is 5.32 Å². The van der Waals surface area contributed by atoms with Gasteiger partial charge in [0.2, 0.25) is 0 Å². The van der Waals surface area contributed by atoms with Crippen LogP contribution in [0.2, 0.25) is 0 Å². The predicted molar refractivity (Wildman–Crippen MR) is 80.3 cm³/mol. The molecular weight excluding hydrogens is 268 g/mol. The van der Waals surface area contributed by atoms with Gasteiger partial charge in [-0.3, -0.25) is 0 Å². The number of hydrogen-bond acceptors (Lipinski definition) is 1.